The van der Waals surface area contributed by atoms with Crippen molar-refractivity contribution in [2.45, 2.75) is 18.9 Å². The van der Waals surface area contributed by atoms with Crippen LogP contribution >= 0.6 is 11.3 Å². The third-order valence-electron chi connectivity index (χ3n) is 4.39. The molecule has 0 saturated carbocycles. The lowest BCUT2D eigenvalue weighted by atomic mass is 10.1. The fraction of sp³-hybridized carbons (Fsp3) is 0.353. The number of thiophene rings is 1. The van der Waals surface area contributed by atoms with Crippen LogP contribution in [0.5, 0.6) is 5.88 Å². The number of aromatic nitrogens is 3. The van der Waals surface area contributed by atoms with Gasteiger partial charge in [0.1, 0.15) is 4.70 Å². The average molecular weight is 342 g/mol. The number of hydrogen-bond acceptors (Lipinski definition) is 6. The normalized spacial score (nSPS) is 15.7. The van der Waals surface area contributed by atoms with E-state index >= 15 is 0 Å². The molecule has 0 aromatic carbocycles. The number of fused-ring (bicyclic) bond motifs is 1. The summed E-state index contributed by atoms with van der Waals surface area (Å²) in [5.41, 5.74) is 1.79. The molecule has 0 spiro atoms. The fourth-order valence-corrected chi connectivity index (χ4v) is 4.13. The number of hydrogen-bond donors (Lipinski definition) is 1. The number of nitrogens with zero attached hydrogens (tertiary/aromatic N) is 3. The van der Waals surface area contributed by atoms with Crippen LogP contribution in [0.15, 0.2) is 35.5 Å². The Labute approximate surface area is 143 Å². The molecule has 0 unspecified atom stereocenters. The van der Waals surface area contributed by atoms with E-state index in [4.69, 9.17) is 4.74 Å². The van der Waals surface area contributed by atoms with E-state index in [1.54, 1.807) is 24.2 Å². The summed E-state index contributed by atoms with van der Waals surface area (Å²) in [6.45, 7) is 1.89. The van der Waals surface area contributed by atoms with Gasteiger partial charge in [0, 0.05) is 23.2 Å². The zero-order valence-corrected chi connectivity index (χ0v) is 14.2. The first-order chi connectivity index (χ1) is 11.8. The summed E-state index contributed by atoms with van der Waals surface area (Å²) in [5.74, 6) is 0.560. The van der Waals surface area contributed by atoms with E-state index in [1.807, 2.05) is 18.2 Å². The predicted octanol–water partition coefficient (Wildman–Crippen LogP) is 2.45. The van der Waals surface area contributed by atoms with Crippen LogP contribution in [-0.4, -0.2) is 34.7 Å². The Morgan fingerprint density at radius 3 is 2.92 bits per heavy atom. The van der Waals surface area contributed by atoms with Gasteiger partial charge in [0.15, 0.2) is 0 Å². The SMILES string of the molecule is COc1cc(-c2cc3ncn(C4CCNCC4)c(=O)c3s2)ccn1. The number of methoxy groups -OCH3 is 1. The zero-order chi connectivity index (χ0) is 16.5. The first-order valence-electron chi connectivity index (χ1n) is 7.98. The molecule has 7 heteroatoms. The predicted molar refractivity (Wildman–Crippen MR) is 94.8 cm³/mol. The Kier molecular flexibility index (Phi) is 4.03. The highest BCUT2D eigenvalue weighted by atomic mass is 32.1. The third kappa shape index (κ3) is 2.70. The summed E-state index contributed by atoms with van der Waals surface area (Å²) >= 11 is 1.48. The molecule has 0 atom stereocenters. The molecule has 6 nitrogen and oxygen atoms in total. The molecule has 1 fully saturated rings. The minimum atomic E-state index is 0.0594. The minimum absolute atomic E-state index is 0.0594. The van der Waals surface area contributed by atoms with Crippen molar-refractivity contribution in [2.24, 2.45) is 0 Å². The quantitative estimate of drug-likeness (QED) is 0.792. The topological polar surface area (TPSA) is 69.0 Å². The van der Waals surface area contributed by atoms with Gasteiger partial charge in [-0.1, -0.05) is 0 Å². The van der Waals surface area contributed by atoms with Crippen LogP contribution < -0.4 is 15.6 Å². The summed E-state index contributed by atoms with van der Waals surface area (Å²) < 4.78 is 7.69. The highest BCUT2D eigenvalue weighted by Gasteiger charge is 2.18. The maximum atomic E-state index is 12.9. The van der Waals surface area contributed by atoms with Crippen molar-refractivity contribution < 1.29 is 4.74 Å². The number of pyridine rings is 1. The van der Waals surface area contributed by atoms with Gasteiger partial charge in [0.05, 0.1) is 19.0 Å². The highest BCUT2D eigenvalue weighted by molar-refractivity contribution is 7.22. The van der Waals surface area contributed by atoms with Crippen molar-refractivity contribution in [2.75, 3.05) is 20.2 Å². The Morgan fingerprint density at radius 1 is 1.29 bits per heavy atom. The Hall–Kier alpha value is -2.25. The van der Waals surface area contributed by atoms with Crippen LogP contribution in [0.4, 0.5) is 0 Å². The van der Waals surface area contributed by atoms with Gasteiger partial charge >= 0.3 is 0 Å². The zero-order valence-electron chi connectivity index (χ0n) is 13.4. The van der Waals surface area contributed by atoms with Crippen LogP contribution in [0, 0.1) is 0 Å². The lowest BCUT2D eigenvalue weighted by Gasteiger charge is -2.24. The molecule has 1 N–H and O–H groups in total. The van der Waals surface area contributed by atoms with Crippen molar-refractivity contribution in [1.29, 1.82) is 0 Å². The summed E-state index contributed by atoms with van der Waals surface area (Å²) in [6.07, 6.45) is 5.34. The molecule has 1 aliphatic rings. The van der Waals surface area contributed by atoms with Crippen molar-refractivity contribution in [1.82, 2.24) is 19.9 Å². The van der Waals surface area contributed by atoms with E-state index in [-0.39, 0.29) is 11.6 Å². The van der Waals surface area contributed by atoms with Gasteiger partial charge in [-0.3, -0.25) is 9.36 Å². The number of ether oxygens (including phenoxy) is 1. The van der Waals surface area contributed by atoms with Crippen LogP contribution in [-0.2, 0) is 0 Å². The van der Waals surface area contributed by atoms with E-state index < -0.39 is 0 Å². The molecule has 1 saturated heterocycles. The third-order valence-corrected chi connectivity index (χ3v) is 5.55. The first-order valence-corrected chi connectivity index (χ1v) is 8.80. The van der Waals surface area contributed by atoms with E-state index in [2.05, 4.69) is 15.3 Å². The van der Waals surface area contributed by atoms with E-state index in [0.29, 0.717) is 10.6 Å². The molecule has 0 bridgehead atoms. The highest BCUT2D eigenvalue weighted by Crippen LogP contribution is 2.32. The van der Waals surface area contributed by atoms with Gasteiger partial charge in [0.2, 0.25) is 5.88 Å². The van der Waals surface area contributed by atoms with Crippen molar-refractivity contribution in [3.8, 4) is 16.3 Å². The molecule has 0 aliphatic carbocycles. The first kappa shape index (κ1) is 15.3. The molecule has 4 heterocycles. The summed E-state index contributed by atoms with van der Waals surface area (Å²) in [5, 5.41) is 3.33. The maximum absolute atomic E-state index is 12.9. The molecular weight excluding hydrogens is 324 g/mol. The second-order valence-corrected chi connectivity index (χ2v) is 6.90. The Bertz CT molecular complexity index is 928. The summed E-state index contributed by atoms with van der Waals surface area (Å²) in [7, 11) is 1.59. The molecule has 124 valence electrons. The molecule has 24 heavy (non-hydrogen) atoms. The van der Waals surface area contributed by atoms with Gasteiger partial charge < -0.3 is 10.1 Å². The summed E-state index contributed by atoms with van der Waals surface area (Å²) in [6, 6.07) is 5.99. The van der Waals surface area contributed by atoms with E-state index in [0.717, 1.165) is 41.9 Å². The second-order valence-electron chi connectivity index (χ2n) is 5.85. The molecular formula is C17H18N4O2S. The lowest BCUT2D eigenvalue weighted by molar-refractivity contribution is 0.359. The number of piperidine rings is 1. The largest absolute Gasteiger partial charge is 0.481 e. The van der Waals surface area contributed by atoms with Gasteiger partial charge in [-0.05, 0) is 43.6 Å². The molecule has 0 radical (unpaired) electrons. The van der Waals surface area contributed by atoms with Gasteiger partial charge in [0.25, 0.3) is 5.56 Å². The van der Waals surface area contributed by atoms with Crippen molar-refractivity contribution in [3.05, 3.63) is 41.1 Å². The molecule has 4 rings (SSSR count). The molecule has 0 amide bonds. The van der Waals surface area contributed by atoms with Crippen molar-refractivity contribution >= 4 is 21.6 Å². The molecule has 3 aromatic rings. The van der Waals surface area contributed by atoms with Crippen LogP contribution in [0.3, 0.4) is 0 Å². The summed E-state index contributed by atoms with van der Waals surface area (Å²) in [4.78, 5) is 22.5. The smallest absolute Gasteiger partial charge is 0.271 e. The maximum Gasteiger partial charge on any atom is 0.271 e. The second kappa shape index (κ2) is 6.33. The van der Waals surface area contributed by atoms with Crippen molar-refractivity contribution in [3.63, 3.8) is 0 Å². The number of nitrogens with one attached hydrogen (secondary N) is 1. The fourth-order valence-electron chi connectivity index (χ4n) is 3.09. The molecule has 3 aromatic heterocycles. The van der Waals surface area contributed by atoms with Crippen LogP contribution in [0.25, 0.3) is 20.7 Å². The van der Waals surface area contributed by atoms with E-state index in [1.165, 1.54) is 11.3 Å². The van der Waals surface area contributed by atoms with E-state index in [9.17, 15) is 4.79 Å². The Morgan fingerprint density at radius 2 is 2.12 bits per heavy atom. The van der Waals surface area contributed by atoms with Gasteiger partial charge in [-0.2, -0.15) is 0 Å². The van der Waals surface area contributed by atoms with Crippen LogP contribution in [0.1, 0.15) is 18.9 Å². The van der Waals surface area contributed by atoms with Crippen LogP contribution in [0.2, 0.25) is 0 Å². The number of rotatable bonds is 3. The Balaban J connectivity index is 1.77. The average Bonchev–Trinajstić information content (AvgIpc) is 3.08. The standard InChI is InChI=1S/C17H18N4O2S/c1-23-15-8-11(2-7-19-15)14-9-13-16(24-14)17(22)21(10-20-13)12-3-5-18-6-4-12/h2,7-10,12,18H,3-6H2,1H3. The lowest BCUT2D eigenvalue weighted by Crippen LogP contribution is -2.34. The monoisotopic (exact) mass is 342 g/mol. The minimum Gasteiger partial charge on any atom is -0.481 e. The van der Waals surface area contributed by atoms with Gasteiger partial charge in [-0.15, -0.1) is 11.3 Å². The van der Waals surface area contributed by atoms with Gasteiger partial charge in [-0.25, -0.2) is 9.97 Å². The molecule has 1 aliphatic heterocycles.